The summed E-state index contributed by atoms with van der Waals surface area (Å²) in [6.07, 6.45) is 8.88. The molecule has 0 spiro atoms. The van der Waals surface area contributed by atoms with E-state index in [4.69, 9.17) is 5.39 Å². The molecule has 1 heterocycles. The molecule has 0 aromatic heterocycles. The molecular formula is C7H8ClN3. The van der Waals surface area contributed by atoms with Gasteiger partial charge >= 0.3 is 6.20 Å². The first-order valence-electron chi connectivity index (χ1n) is 2.95. The van der Waals surface area contributed by atoms with Gasteiger partial charge in [-0.25, -0.2) is 0 Å². The van der Waals surface area contributed by atoms with Gasteiger partial charge in [0.1, 0.15) is 0 Å². The summed E-state index contributed by atoms with van der Waals surface area (Å²) in [6.45, 7) is 0. The molecule has 1 aliphatic rings. The van der Waals surface area contributed by atoms with Crippen LogP contribution in [0.3, 0.4) is 0 Å². The minimum Gasteiger partial charge on any atom is -1.00 e. The molecule has 0 N–H and O–H groups in total. The Kier molecular flexibility index (Phi) is 4.01. The first kappa shape index (κ1) is 9.73. The van der Waals surface area contributed by atoms with Crippen LogP contribution in [0.2, 0.25) is 0 Å². The van der Waals surface area contributed by atoms with Crippen LogP contribution in [0.15, 0.2) is 36.3 Å². The van der Waals surface area contributed by atoms with E-state index in [0.29, 0.717) is 0 Å². The van der Waals surface area contributed by atoms with Gasteiger partial charge < -0.3 is 17.3 Å². The summed E-state index contributed by atoms with van der Waals surface area (Å²) in [4.78, 5) is 4.81. The van der Waals surface area contributed by atoms with Gasteiger partial charge in [0.2, 0.25) is 5.39 Å². The number of allylic oxidation sites excluding steroid dienone is 3. The maximum Gasteiger partial charge on any atom is 0.357 e. The lowest BCUT2D eigenvalue weighted by Gasteiger charge is -2.09. The average molecular weight is 170 g/mol. The van der Waals surface area contributed by atoms with Crippen LogP contribution >= 0.6 is 0 Å². The van der Waals surface area contributed by atoms with Crippen molar-refractivity contribution in [2.45, 2.75) is 0 Å². The standard InChI is InChI=1S/C7H8N3.ClH/c1-10-4-2-7(3-5-10)6-9-8;/h2-6H,1H3;1H/q+1;/p-1. The highest BCUT2D eigenvalue weighted by Gasteiger charge is 1.98. The number of halogens is 1. The van der Waals surface area contributed by atoms with Gasteiger partial charge in [-0.3, -0.25) is 0 Å². The zero-order valence-corrected chi connectivity index (χ0v) is 6.86. The summed E-state index contributed by atoms with van der Waals surface area (Å²) in [7, 11) is 1.93. The lowest BCUT2D eigenvalue weighted by molar-refractivity contribution is -0.00000229. The second kappa shape index (κ2) is 4.53. The Balaban J connectivity index is 0.000001000. The minimum atomic E-state index is 0. The summed E-state index contributed by atoms with van der Waals surface area (Å²) in [6, 6.07) is 0. The van der Waals surface area contributed by atoms with Crippen LogP contribution in [0.25, 0.3) is 4.98 Å². The molecular weight excluding hydrogens is 162 g/mol. The largest absolute Gasteiger partial charge is 1.00 e. The predicted octanol–water partition coefficient (Wildman–Crippen LogP) is -1.30. The summed E-state index contributed by atoms with van der Waals surface area (Å²) in [5.74, 6) is 0. The van der Waals surface area contributed by atoms with Gasteiger partial charge in [0.25, 0.3) is 0 Å². The summed E-state index contributed by atoms with van der Waals surface area (Å²) >= 11 is 0. The molecule has 0 aromatic carbocycles. The minimum absolute atomic E-state index is 0. The molecule has 0 atom stereocenters. The lowest BCUT2D eigenvalue weighted by atomic mass is 10.2. The first-order chi connectivity index (χ1) is 4.83. The third-order valence-corrected chi connectivity index (χ3v) is 1.21. The Morgan fingerprint density at radius 1 is 1.45 bits per heavy atom. The number of nitrogens with zero attached hydrogens (tertiary/aromatic N) is 3. The van der Waals surface area contributed by atoms with Gasteiger partial charge in [0.05, 0.1) is 5.57 Å². The molecule has 0 saturated carbocycles. The van der Waals surface area contributed by atoms with Crippen molar-refractivity contribution < 1.29 is 12.4 Å². The number of diazo groups is 1. The molecule has 0 aromatic rings. The Morgan fingerprint density at radius 3 is 2.45 bits per heavy atom. The quantitative estimate of drug-likeness (QED) is 0.422. The SMILES string of the molecule is CN1C=CC(=C[N+]#N)C=C1.[Cl-]. The second-order valence-electron chi connectivity index (χ2n) is 2.04. The molecule has 4 heteroatoms. The monoisotopic (exact) mass is 169 g/mol. The van der Waals surface area contributed by atoms with Crippen molar-refractivity contribution in [3.8, 4) is 0 Å². The molecule has 58 valence electrons. The van der Waals surface area contributed by atoms with E-state index in [1.165, 1.54) is 6.20 Å². The highest BCUT2D eigenvalue weighted by atomic mass is 35.5. The third-order valence-electron chi connectivity index (χ3n) is 1.21. The Morgan fingerprint density at radius 2 is 2.00 bits per heavy atom. The normalized spacial score (nSPS) is 13.8. The number of hydrogen-bond donors (Lipinski definition) is 0. The molecule has 0 aliphatic carbocycles. The van der Waals surface area contributed by atoms with Crippen LogP contribution in [-0.4, -0.2) is 11.9 Å². The van der Waals surface area contributed by atoms with Crippen molar-refractivity contribution in [3.05, 3.63) is 41.3 Å². The average Bonchev–Trinajstić information content (AvgIpc) is 1.95. The van der Waals surface area contributed by atoms with Gasteiger partial charge in [0.15, 0.2) is 4.98 Å². The fourth-order valence-corrected chi connectivity index (χ4v) is 0.665. The van der Waals surface area contributed by atoms with Crippen molar-refractivity contribution in [3.63, 3.8) is 0 Å². The van der Waals surface area contributed by atoms with E-state index in [-0.39, 0.29) is 12.4 Å². The van der Waals surface area contributed by atoms with Crippen LogP contribution in [0.5, 0.6) is 0 Å². The predicted molar refractivity (Wildman–Crippen MR) is 39.2 cm³/mol. The molecule has 0 saturated heterocycles. The summed E-state index contributed by atoms with van der Waals surface area (Å²) in [5.41, 5.74) is 0.889. The highest BCUT2D eigenvalue weighted by Crippen LogP contribution is 2.06. The zero-order chi connectivity index (χ0) is 7.40. The molecule has 0 unspecified atom stereocenters. The van der Waals surface area contributed by atoms with Crippen molar-refractivity contribution in [2.75, 3.05) is 7.05 Å². The van der Waals surface area contributed by atoms with Crippen LogP contribution in [0.1, 0.15) is 0 Å². The molecule has 1 aliphatic heterocycles. The van der Waals surface area contributed by atoms with Crippen LogP contribution < -0.4 is 12.4 Å². The van der Waals surface area contributed by atoms with Crippen molar-refractivity contribution in [2.24, 2.45) is 0 Å². The number of hydrogen-bond acceptors (Lipinski definition) is 2. The molecule has 11 heavy (non-hydrogen) atoms. The molecule has 0 bridgehead atoms. The summed E-state index contributed by atoms with van der Waals surface area (Å²) in [5, 5.41) is 8.15. The first-order valence-corrected chi connectivity index (χ1v) is 2.95. The smallest absolute Gasteiger partial charge is 0.357 e. The Hall–Kier alpha value is -1.27. The second-order valence-corrected chi connectivity index (χ2v) is 2.04. The van der Waals surface area contributed by atoms with Crippen LogP contribution in [-0.2, 0) is 0 Å². The van der Waals surface area contributed by atoms with Crippen LogP contribution in [0.4, 0.5) is 0 Å². The third kappa shape index (κ3) is 2.87. The molecule has 0 radical (unpaired) electrons. The van der Waals surface area contributed by atoms with E-state index in [1.54, 1.807) is 0 Å². The van der Waals surface area contributed by atoms with Crippen LogP contribution in [0, 0.1) is 5.39 Å². The maximum atomic E-state index is 8.15. The van der Waals surface area contributed by atoms with Gasteiger partial charge in [-0.1, -0.05) is 0 Å². The van der Waals surface area contributed by atoms with Gasteiger partial charge in [0, 0.05) is 19.4 Å². The van der Waals surface area contributed by atoms with Gasteiger partial charge in [-0.2, -0.15) is 0 Å². The molecule has 0 fully saturated rings. The summed E-state index contributed by atoms with van der Waals surface area (Å²) < 4.78 is 0. The highest BCUT2D eigenvalue weighted by molar-refractivity contribution is 5.34. The van der Waals surface area contributed by atoms with E-state index in [0.717, 1.165) is 5.57 Å². The Bertz CT molecular complexity index is 231. The maximum absolute atomic E-state index is 8.15. The molecule has 3 nitrogen and oxygen atoms in total. The topological polar surface area (TPSA) is 31.4 Å². The number of rotatable bonds is 0. The fraction of sp³-hybridized carbons (Fsp3) is 0.143. The lowest BCUT2D eigenvalue weighted by Crippen LogP contribution is -3.00. The van der Waals surface area contributed by atoms with Crippen molar-refractivity contribution in [1.29, 1.82) is 5.39 Å². The van der Waals surface area contributed by atoms with E-state index < -0.39 is 0 Å². The fourth-order valence-electron chi connectivity index (χ4n) is 0.665. The van der Waals surface area contributed by atoms with E-state index in [9.17, 15) is 0 Å². The molecule has 1 rings (SSSR count). The van der Waals surface area contributed by atoms with E-state index in [2.05, 4.69) is 4.98 Å². The van der Waals surface area contributed by atoms with Gasteiger partial charge in [-0.15, -0.1) is 0 Å². The van der Waals surface area contributed by atoms with Crippen molar-refractivity contribution in [1.82, 2.24) is 4.90 Å². The van der Waals surface area contributed by atoms with Gasteiger partial charge in [-0.05, 0) is 12.2 Å². The Labute approximate surface area is 71.7 Å². The zero-order valence-electron chi connectivity index (χ0n) is 6.11. The van der Waals surface area contributed by atoms with E-state index in [1.807, 2.05) is 36.5 Å². The van der Waals surface area contributed by atoms with E-state index >= 15 is 0 Å². The van der Waals surface area contributed by atoms with Crippen molar-refractivity contribution >= 4 is 0 Å². The molecule has 0 amide bonds.